The number of likely N-dealkylation sites (N-methyl/N-ethyl adjacent to an activating group) is 1. The Bertz CT molecular complexity index is 989. The topological polar surface area (TPSA) is 54.2 Å². The summed E-state index contributed by atoms with van der Waals surface area (Å²) in [5, 5.41) is 5.50. The van der Waals surface area contributed by atoms with E-state index in [1.807, 2.05) is 54.6 Å². The van der Waals surface area contributed by atoms with Gasteiger partial charge in [-0.2, -0.15) is 0 Å². The van der Waals surface area contributed by atoms with Gasteiger partial charge in [0.25, 0.3) is 0 Å². The smallest absolute Gasteiger partial charge is 0.198 e. The number of para-hydroxylation sites is 2. The van der Waals surface area contributed by atoms with Crippen LogP contribution in [-0.2, 0) is 0 Å². The van der Waals surface area contributed by atoms with E-state index in [1.165, 1.54) is 0 Å². The number of aromatic nitrogens is 2. The van der Waals surface area contributed by atoms with Crippen LogP contribution < -0.4 is 5.32 Å². The van der Waals surface area contributed by atoms with Crippen LogP contribution in [0.3, 0.4) is 0 Å². The normalized spacial score (nSPS) is 11.5. The molecule has 25 heavy (non-hydrogen) atoms. The summed E-state index contributed by atoms with van der Waals surface area (Å²) in [5.41, 5.74) is 1.75. The van der Waals surface area contributed by atoms with E-state index in [4.69, 9.17) is 9.40 Å². The second-order valence-corrected chi connectivity index (χ2v) is 6.29. The summed E-state index contributed by atoms with van der Waals surface area (Å²) >= 11 is 0. The standard InChI is InChI=1S/C20H20N4O/c1-24(2)12-11-21-19-15-8-4-5-9-16(15)22-20(23-19)18-13-14-7-3-6-10-17(14)25-18/h3-10,13H,11-12H2,1-2H3,(H,21,22,23). The molecule has 0 fully saturated rings. The van der Waals surface area contributed by atoms with Crippen LogP contribution in [0.15, 0.2) is 59.0 Å². The molecule has 5 nitrogen and oxygen atoms in total. The largest absolute Gasteiger partial charge is 0.453 e. The molecule has 126 valence electrons. The Balaban J connectivity index is 1.78. The highest BCUT2D eigenvalue weighted by atomic mass is 16.3. The van der Waals surface area contributed by atoms with Crippen molar-refractivity contribution in [3.63, 3.8) is 0 Å². The zero-order chi connectivity index (χ0) is 17.2. The third-order valence-corrected chi connectivity index (χ3v) is 4.10. The molecule has 1 N–H and O–H groups in total. The second kappa shape index (κ2) is 6.53. The Kier molecular flexibility index (Phi) is 4.07. The van der Waals surface area contributed by atoms with Gasteiger partial charge in [0.1, 0.15) is 11.4 Å². The third kappa shape index (κ3) is 3.19. The molecule has 5 heteroatoms. The lowest BCUT2D eigenvalue weighted by molar-refractivity contribution is 0.425. The molecule has 0 saturated heterocycles. The second-order valence-electron chi connectivity index (χ2n) is 6.29. The predicted molar refractivity (Wildman–Crippen MR) is 102 cm³/mol. The maximum absolute atomic E-state index is 5.94. The molecule has 4 rings (SSSR count). The van der Waals surface area contributed by atoms with Gasteiger partial charge in [0.05, 0.1) is 5.52 Å². The SMILES string of the molecule is CN(C)CCNc1nc(-c2cc3ccccc3o2)nc2ccccc12. The first-order chi connectivity index (χ1) is 12.2. The van der Waals surface area contributed by atoms with E-state index in [1.54, 1.807) is 0 Å². The summed E-state index contributed by atoms with van der Waals surface area (Å²) in [4.78, 5) is 11.6. The van der Waals surface area contributed by atoms with E-state index in [-0.39, 0.29) is 0 Å². The van der Waals surface area contributed by atoms with Crippen LogP contribution in [0.25, 0.3) is 33.5 Å². The number of furan rings is 1. The van der Waals surface area contributed by atoms with E-state index in [9.17, 15) is 0 Å². The van der Waals surface area contributed by atoms with Gasteiger partial charge < -0.3 is 14.6 Å². The van der Waals surface area contributed by atoms with Crippen LogP contribution >= 0.6 is 0 Å². The van der Waals surface area contributed by atoms with Crippen molar-refractivity contribution in [1.29, 1.82) is 0 Å². The Morgan fingerprint density at radius 3 is 2.64 bits per heavy atom. The lowest BCUT2D eigenvalue weighted by Gasteiger charge is -2.13. The van der Waals surface area contributed by atoms with Crippen LogP contribution in [0.2, 0.25) is 0 Å². The maximum atomic E-state index is 5.94. The summed E-state index contributed by atoms with van der Waals surface area (Å²) in [6.45, 7) is 1.74. The molecule has 2 heterocycles. The number of nitrogens with zero attached hydrogens (tertiary/aromatic N) is 3. The number of fused-ring (bicyclic) bond motifs is 2. The van der Waals surface area contributed by atoms with Crippen molar-refractivity contribution >= 4 is 27.7 Å². The van der Waals surface area contributed by atoms with Crippen LogP contribution in [0.5, 0.6) is 0 Å². The van der Waals surface area contributed by atoms with E-state index >= 15 is 0 Å². The minimum Gasteiger partial charge on any atom is -0.453 e. The van der Waals surface area contributed by atoms with E-state index in [2.05, 4.69) is 29.3 Å². The molecule has 0 atom stereocenters. The van der Waals surface area contributed by atoms with Crippen molar-refractivity contribution in [3.8, 4) is 11.6 Å². The van der Waals surface area contributed by atoms with Gasteiger partial charge in [-0.3, -0.25) is 0 Å². The molecule has 0 aliphatic rings. The highest BCUT2D eigenvalue weighted by molar-refractivity contribution is 5.91. The summed E-state index contributed by atoms with van der Waals surface area (Å²) < 4.78 is 5.94. The fourth-order valence-corrected chi connectivity index (χ4v) is 2.81. The average Bonchev–Trinajstić information content (AvgIpc) is 3.05. The third-order valence-electron chi connectivity index (χ3n) is 4.10. The lowest BCUT2D eigenvalue weighted by Crippen LogP contribution is -2.21. The molecule has 0 spiro atoms. The van der Waals surface area contributed by atoms with Gasteiger partial charge in [-0.1, -0.05) is 30.3 Å². The molecule has 0 unspecified atom stereocenters. The van der Waals surface area contributed by atoms with Crippen molar-refractivity contribution in [2.24, 2.45) is 0 Å². The van der Waals surface area contributed by atoms with E-state index in [0.717, 1.165) is 40.8 Å². The Morgan fingerprint density at radius 1 is 1.00 bits per heavy atom. The van der Waals surface area contributed by atoms with Crippen molar-refractivity contribution in [2.75, 3.05) is 32.5 Å². The average molecular weight is 332 g/mol. The van der Waals surface area contributed by atoms with Gasteiger partial charge in [-0.25, -0.2) is 9.97 Å². The summed E-state index contributed by atoms with van der Waals surface area (Å²) in [5.74, 6) is 2.12. The maximum Gasteiger partial charge on any atom is 0.198 e. The molecule has 2 aromatic heterocycles. The van der Waals surface area contributed by atoms with Gasteiger partial charge in [0.15, 0.2) is 11.6 Å². The first-order valence-corrected chi connectivity index (χ1v) is 8.35. The minimum atomic E-state index is 0.599. The van der Waals surface area contributed by atoms with Crippen molar-refractivity contribution in [1.82, 2.24) is 14.9 Å². The van der Waals surface area contributed by atoms with Crippen LogP contribution in [0, 0.1) is 0 Å². The Hall–Kier alpha value is -2.92. The minimum absolute atomic E-state index is 0.599. The van der Waals surface area contributed by atoms with Crippen LogP contribution in [0.1, 0.15) is 0 Å². The number of hydrogen-bond donors (Lipinski definition) is 1. The summed E-state index contributed by atoms with van der Waals surface area (Å²) in [6, 6.07) is 18.0. The molecule has 0 saturated carbocycles. The fourth-order valence-electron chi connectivity index (χ4n) is 2.81. The van der Waals surface area contributed by atoms with Crippen molar-refractivity contribution in [2.45, 2.75) is 0 Å². The number of hydrogen-bond acceptors (Lipinski definition) is 5. The monoisotopic (exact) mass is 332 g/mol. The fraction of sp³-hybridized carbons (Fsp3) is 0.200. The Labute approximate surface area is 146 Å². The summed E-state index contributed by atoms with van der Waals surface area (Å²) in [6.07, 6.45) is 0. The van der Waals surface area contributed by atoms with Crippen molar-refractivity contribution in [3.05, 3.63) is 54.6 Å². The molecule has 0 bridgehead atoms. The van der Waals surface area contributed by atoms with E-state index < -0.39 is 0 Å². The molecular weight excluding hydrogens is 312 g/mol. The Morgan fingerprint density at radius 2 is 1.80 bits per heavy atom. The van der Waals surface area contributed by atoms with Gasteiger partial charge >= 0.3 is 0 Å². The lowest BCUT2D eigenvalue weighted by atomic mass is 10.2. The van der Waals surface area contributed by atoms with E-state index in [0.29, 0.717) is 11.6 Å². The zero-order valence-electron chi connectivity index (χ0n) is 14.4. The highest BCUT2D eigenvalue weighted by Crippen LogP contribution is 2.29. The first-order valence-electron chi connectivity index (χ1n) is 8.35. The van der Waals surface area contributed by atoms with Gasteiger partial charge in [0.2, 0.25) is 0 Å². The first kappa shape index (κ1) is 15.6. The highest BCUT2D eigenvalue weighted by Gasteiger charge is 2.13. The van der Waals surface area contributed by atoms with Gasteiger partial charge in [-0.15, -0.1) is 0 Å². The molecule has 0 aliphatic heterocycles. The number of benzene rings is 2. The summed E-state index contributed by atoms with van der Waals surface area (Å²) in [7, 11) is 4.11. The molecule has 0 aliphatic carbocycles. The molecule has 0 amide bonds. The number of rotatable bonds is 5. The van der Waals surface area contributed by atoms with Gasteiger partial charge in [-0.05, 0) is 38.4 Å². The number of anilines is 1. The van der Waals surface area contributed by atoms with Crippen LogP contribution in [0.4, 0.5) is 5.82 Å². The quantitative estimate of drug-likeness (QED) is 0.598. The molecule has 0 radical (unpaired) electrons. The van der Waals surface area contributed by atoms with Gasteiger partial charge in [0, 0.05) is 23.9 Å². The number of nitrogens with one attached hydrogen (secondary N) is 1. The molecular formula is C20H20N4O. The predicted octanol–water partition coefficient (Wildman–Crippen LogP) is 4.02. The molecule has 4 aromatic rings. The van der Waals surface area contributed by atoms with Crippen molar-refractivity contribution < 1.29 is 4.42 Å². The van der Waals surface area contributed by atoms with Crippen LogP contribution in [-0.4, -0.2) is 42.1 Å². The molecule has 2 aromatic carbocycles. The zero-order valence-corrected chi connectivity index (χ0v) is 14.4.